The van der Waals surface area contributed by atoms with Crippen molar-refractivity contribution in [1.82, 2.24) is 30.8 Å². The first-order chi connectivity index (χ1) is 14.6. The zero-order valence-electron chi connectivity index (χ0n) is 17.7. The highest BCUT2D eigenvalue weighted by molar-refractivity contribution is 5.93. The monoisotopic (exact) mass is 409 g/mol. The lowest BCUT2D eigenvalue weighted by atomic mass is 9.73. The van der Waals surface area contributed by atoms with Gasteiger partial charge in [-0.25, -0.2) is 4.79 Å². The second kappa shape index (κ2) is 7.98. The molecule has 3 aliphatic rings. The molecule has 2 aromatic rings. The van der Waals surface area contributed by atoms with Crippen LogP contribution in [0.25, 0.3) is 0 Å². The predicted molar refractivity (Wildman–Crippen MR) is 114 cm³/mol. The number of nitrogens with one attached hydrogen (secondary N) is 2. The number of piperidine rings is 2. The fourth-order valence-electron chi connectivity index (χ4n) is 5.79. The smallest absolute Gasteiger partial charge is 0.314 e. The molecule has 0 spiro atoms. The Balaban J connectivity index is 1.46. The molecule has 30 heavy (non-hydrogen) atoms. The van der Waals surface area contributed by atoms with Gasteiger partial charge in [-0.05, 0) is 56.1 Å². The van der Waals surface area contributed by atoms with Gasteiger partial charge >= 0.3 is 6.03 Å². The number of rotatable bonds is 3. The molecule has 3 aliphatic heterocycles. The van der Waals surface area contributed by atoms with Crippen LogP contribution in [0.4, 0.5) is 10.5 Å². The van der Waals surface area contributed by atoms with Gasteiger partial charge in [-0.3, -0.25) is 4.90 Å². The number of tetrazole rings is 1. The molecule has 0 saturated carbocycles. The van der Waals surface area contributed by atoms with Crippen LogP contribution in [0, 0.1) is 11.8 Å². The summed E-state index contributed by atoms with van der Waals surface area (Å²) < 4.78 is 0. The van der Waals surface area contributed by atoms with E-state index < -0.39 is 0 Å². The van der Waals surface area contributed by atoms with E-state index >= 15 is 0 Å². The van der Waals surface area contributed by atoms with Gasteiger partial charge in [0, 0.05) is 30.4 Å². The van der Waals surface area contributed by atoms with Crippen LogP contribution in [0.15, 0.2) is 30.3 Å². The number of fused-ring (bicyclic) bond motifs is 2. The average molecular weight is 410 g/mol. The maximum absolute atomic E-state index is 14.0. The number of nitrogens with zero attached hydrogens (tertiary/aromatic N) is 5. The Morgan fingerprint density at radius 3 is 2.50 bits per heavy atom. The minimum Gasteiger partial charge on any atom is -0.314 e. The number of anilines is 1. The van der Waals surface area contributed by atoms with Gasteiger partial charge in [-0.1, -0.05) is 37.3 Å². The lowest BCUT2D eigenvalue weighted by Crippen LogP contribution is -2.62. The molecular weight excluding hydrogens is 378 g/mol. The Morgan fingerprint density at radius 1 is 1.10 bits per heavy atom. The lowest BCUT2D eigenvalue weighted by Gasteiger charge is -2.50. The fourth-order valence-corrected chi connectivity index (χ4v) is 5.79. The highest BCUT2D eigenvalue weighted by Crippen LogP contribution is 2.38. The number of aromatic amines is 1. The molecule has 8 nitrogen and oxygen atoms in total. The summed E-state index contributed by atoms with van der Waals surface area (Å²) in [5.74, 6) is 1.87. The van der Waals surface area contributed by atoms with Crippen LogP contribution in [0.1, 0.15) is 57.8 Å². The van der Waals surface area contributed by atoms with Crippen LogP contribution < -0.4 is 10.2 Å². The lowest BCUT2D eigenvalue weighted by molar-refractivity contribution is 0.116. The normalized spacial score (nSPS) is 33.5. The summed E-state index contributed by atoms with van der Waals surface area (Å²) >= 11 is 0. The molecule has 8 heteroatoms. The van der Waals surface area contributed by atoms with E-state index in [0.29, 0.717) is 29.7 Å². The zero-order chi connectivity index (χ0) is 20.7. The van der Waals surface area contributed by atoms with Crippen LogP contribution >= 0.6 is 0 Å². The van der Waals surface area contributed by atoms with Crippen LogP contribution in [0.2, 0.25) is 0 Å². The van der Waals surface area contributed by atoms with Crippen molar-refractivity contribution in [2.75, 3.05) is 11.4 Å². The molecule has 2 N–H and O–H groups in total. The van der Waals surface area contributed by atoms with Gasteiger partial charge < -0.3 is 10.2 Å². The van der Waals surface area contributed by atoms with Gasteiger partial charge in [0.2, 0.25) is 0 Å². The van der Waals surface area contributed by atoms with Crippen molar-refractivity contribution in [3.63, 3.8) is 0 Å². The molecule has 0 aliphatic carbocycles. The van der Waals surface area contributed by atoms with E-state index in [4.69, 9.17) is 0 Å². The third kappa shape index (κ3) is 3.47. The molecule has 160 valence electrons. The van der Waals surface area contributed by atoms with Crippen molar-refractivity contribution >= 4 is 11.7 Å². The molecule has 3 saturated heterocycles. The number of hydrogen-bond donors (Lipinski definition) is 2. The van der Waals surface area contributed by atoms with E-state index in [1.165, 1.54) is 6.42 Å². The molecule has 6 atom stereocenters. The summed E-state index contributed by atoms with van der Waals surface area (Å²) in [5.41, 5.74) is 0.978. The molecule has 4 heterocycles. The van der Waals surface area contributed by atoms with Crippen LogP contribution in [-0.4, -0.2) is 56.2 Å². The Morgan fingerprint density at radius 2 is 1.83 bits per heavy atom. The van der Waals surface area contributed by atoms with Crippen LogP contribution in [0.3, 0.4) is 0 Å². The first-order valence-electron chi connectivity index (χ1n) is 11.3. The van der Waals surface area contributed by atoms with E-state index in [1.54, 1.807) is 0 Å². The third-order valence-electron chi connectivity index (χ3n) is 7.36. The number of hydrogen-bond acceptors (Lipinski definition) is 5. The van der Waals surface area contributed by atoms with Crippen molar-refractivity contribution in [2.45, 2.75) is 70.1 Å². The van der Waals surface area contributed by atoms with Crippen LogP contribution in [-0.2, 0) is 0 Å². The maximum Gasteiger partial charge on any atom is 0.325 e. The minimum absolute atomic E-state index is 0.0683. The molecule has 0 radical (unpaired) electrons. The Kier molecular flexibility index (Phi) is 5.18. The number of para-hydroxylation sites is 1. The molecule has 2 bridgehead atoms. The minimum atomic E-state index is -0.110. The first-order valence-corrected chi connectivity index (χ1v) is 11.3. The molecule has 5 rings (SSSR count). The summed E-state index contributed by atoms with van der Waals surface area (Å²) in [7, 11) is 0. The standard InChI is InChI=1S/C22H31N7O/c1-14-11-15(2)19-13-17(12-18(14)23-19)29(16-7-4-3-5-8-16)22(30)28-10-6-9-20(28)21-24-26-27-25-21/h3-5,7-8,14-15,17-20,23H,6,9-13H2,1-2H3,(H,24,25,26,27)/t14-,15?,17?,18?,19?,20+/m1/s1. The van der Waals surface area contributed by atoms with E-state index in [9.17, 15) is 4.79 Å². The topological polar surface area (TPSA) is 90.0 Å². The molecule has 1 aromatic carbocycles. The van der Waals surface area contributed by atoms with Crippen molar-refractivity contribution in [3.05, 3.63) is 36.2 Å². The van der Waals surface area contributed by atoms with Gasteiger partial charge in [0.1, 0.15) is 0 Å². The number of H-pyrrole nitrogens is 1. The van der Waals surface area contributed by atoms with Gasteiger partial charge in [-0.2, -0.15) is 5.21 Å². The molecule has 1 aromatic heterocycles. The van der Waals surface area contributed by atoms with Crippen molar-refractivity contribution in [3.8, 4) is 0 Å². The van der Waals surface area contributed by atoms with Gasteiger partial charge in [0.25, 0.3) is 0 Å². The SMILES string of the molecule is CC1C[C@@H](C)C2CC(N(C(=O)N3CCC[C@H]3c3nn[nH]n3)c3ccccc3)CC1N2. The number of likely N-dealkylation sites (tertiary alicyclic amines) is 1. The molecule has 3 fully saturated rings. The van der Waals surface area contributed by atoms with E-state index in [-0.39, 0.29) is 18.1 Å². The van der Waals surface area contributed by atoms with Gasteiger partial charge in [-0.15, -0.1) is 10.2 Å². The Hall–Kier alpha value is -2.48. The Bertz CT molecular complexity index is 842. The Labute approximate surface area is 177 Å². The average Bonchev–Trinajstić information content (AvgIpc) is 3.45. The fraction of sp³-hybridized carbons (Fsp3) is 0.636. The molecular formula is C22H31N7O. The number of benzene rings is 1. The number of amides is 2. The second-order valence-electron chi connectivity index (χ2n) is 9.30. The molecule has 2 amide bonds. The number of aromatic nitrogens is 4. The summed E-state index contributed by atoms with van der Waals surface area (Å²) in [6, 6.07) is 11.2. The third-order valence-corrected chi connectivity index (χ3v) is 7.36. The number of carbonyl (C=O) groups excluding carboxylic acids is 1. The quantitative estimate of drug-likeness (QED) is 0.813. The van der Waals surface area contributed by atoms with E-state index in [2.05, 4.69) is 56.8 Å². The van der Waals surface area contributed by atoms with Crippen molar-refractivity contribution in [2.24, 2.45) is 11.8 Å². The number of urea groups is 1. The van der Waals surface area contributed by atoms with Crippen LogP contribution in [0.5, 0.6) is 0 Å². The van der Waals surface area contributed by atoms with E-state index in [1.807, 2.05) is 23.1 Å². The predicted octanol–water partition coefficient (Wildman–Crippen LogP) is 3.13. The van der Waals surface area contributed by atoms with Crippen molar-refractivity contribution in [1.29, 1.82) is 0 Å². The van der Waals surface area contributed by atoms with Gasteiger partial charge in [0.05, 0.1) is 6.04 Å². The summed E-state index contributed by atoms with van der Waals surface area (Å²) in [4.78, 5) is 18.0. The van der Waals surface area contributed by atoms with E-state index in [0.717, 1.165) is 37.9 Å². The first kappa shape index (κ1) is 19.5. The second-order valence-corrected chi connectivity index (χ2v) is 9.30. The summed E-state index contributed by atoms with van der Waals surface area (Å²) in [5, 5.41) is 18.4. The highest BCUT2D eigenvalue weighted by Gasteiger charge is 2.44. The summed E-state index contributed by atoms with van der Waals surface area (Å²) in [6.45, 7) is 5.41. The zero-order valence-corrected chi connectivity index (χ0v) is 17.7. The van der Waals surface area contributed by atoms with Gasteiger partial charge in [0.15, 0.2) is 5.82 Å². The molecule has 4 unspecified atom stereocenters. The van der Waals surface area contributed by atoms with Crippen molar-refractivity contribution < 1.29 is 4.79 Å². The summed E-state index contributed by atoms with van der Waals surface area (Å²) in [6.07, 6.45) is 5.08. The maximum atomic E-state index is 14.0. The number of carbonyl (C=O) groups is 1. The highest BCUT2D eigenvalue weighted by atomic mass is 16.2. The largest absolute Gasteiger partial charge is 0.325 e.